The lowest BCUT2D eigenvalue weighted by Gasteiger charge is -2.12. The van der Waals surface area contributed by atoms with E-state index >= 15 is 0 Å². The van der Waals surface area contributed by atoms with Crippen LogP contribution in [0.25, 0.3) is 0 Å². The number of nitrogens with zero attached hydrogens (tertiary/aromatic N) is 2. The van der Waals surface area contributed by atoms with Crippen LogP contribution >= 0.6 is 0 Å². The van der Waals surface area contributed by atoms with E-state index < -0.39 is 12.0 Å². The molecule has 1 atom stereocenters. The number of aliphatic carboxylic acids is 1. The summed E-state index contributed by atoms with van der Waals surface area (Å²) in [5.41, 5.74) is 0.368. The van der Waals surface area contributed by atoms with Gasteiger partial charge in [0.15, 0.2) is 6.04 Å². The molecule has 1 rings (SSSR count). The molecule has 0 saturated carbocycles. The Kier molecular flexibility index (Phi) is 3.60. The van der Waals surface area contributed by atoms with E-state index in [4.69, 9.17) is 5.11 Å². The minimum atomic E-state index is -1.02. The Morgan fingerprint density at radius 3 is 2.80 bits per heavy atom. The van der Waals surface area contributed by atoms with E-state index in [0.717, 1.165) is 10.2 Å². The molecule has 0 radical (unpaired) electrons. The van der Waals surface area contributed by atoms with Crippen molar-refractivity contribution in [2.75, 3.05) is 0 Å². The Bertz CT molecular complexity index is 411. The summed E-state index contributed by atoms with van der Waals surface area (Å²) in [6.07, 6.45) is 2.59. The van der Waals surface area contributed by atoms with Gasteiger partial charge in [0.1, 0.15) is 0 Å². The first-order chi connectivity index (χ1) is 7.06. The molecule has 0 amide bonds. The van der Waals surface area contributed by atoms with Crippen molar-refractivity contribution in [2.45, 2.75) is 32.7 Å². The number of hydrogen-bond acceptors (Lipinski definition) is 3. The van der Waals surface area contributed by atoms with Crippen LogP contribution in [0.5, 0.6) is 0 Å². The van der Waals surface area contributed by atoms with Crippen molar-refractivity contribution in [2.24, 2.45) is 0 Å². The number of aromatic nitrogens is 2. The number of hydrogen-bond donors (Lipinski definition) is 1. The molecule has 1 aromatic heterocycles. The first-order valence-electron chi connectivity index (χ1n) is 4.84. The zero-order valence-electron chi connectivity index (χ0n) is 8.80. The van der Waals surface area contributed by atoms with E-state index in [2.05, 4.69) is 5.10 Å². The van der Waals surface area contributed by atoms with E-state index in [1.54, 1.807) is 6.92 Å². The van der Waals surface area contributed by atoms with Gasteiger partial charge in [0, 0.05) is 6.07 Å². The normalized spacial score (nSPS) is 12.4. The first-order valence-corrected chi connectivity index (χ1v) is 4.84. The van der Waals surface area contributed by atoms with E-state index in [9.17, 15) is 9.59 Å². The van der Waals surface area contributed by atoms with Crippen molar-refractivity contribution >= 4 is 5.97 Å². The Hall–Kier alpha value is -1.65. The molecule has 1 unspecified atom stereocenters. The van der Waals surface area contributed by atoms with Gasteiger partial charge in [-0.15, -0.1) is 0 Å². The molecule has 0 bridgehead atoms. The predicted octanol–water partition coefficient (Wildman–Crippen LogP) is 0.978. The van der Waals surface area contributed by atoms with Gasteiger partial charge in [-0.2, -0.15) is 5.10 Å². The highest BCUT2D eigenvalue weighted by Gasteiger charge is 2.20. The summed E-state index contributed by atoms with van der Waals surface area (Å²) < 4.78 is 1.03. The molecule has 5 heteroatoms. The van der Waals surface area contributed by atoms with Crippen LogP contribution in [0.3, 0.4) is 0 Å². The fraction of sp³-hybridized carbons (Fsp3) is 0.500. The molecule has 1 heterocycles. The molecular formula is C10H14N2O3. The van der Waals surface area contributed by atoms with E-state index in [-0.39, 0.29) is 5.56 Å². The van der Waals surface area contributed by atoms with Gasteiger partial charge >= 0.3 is 5.97 Å². The van der Waals surface area contributed by atoms with E-state index in [0.29, 0.717) is 12.8 Å². The minimum Gasteiger partial charge on any atom is -0.480 e. The molecule has 0 aromatic carbocycles. The summed E-state index contributed by atoms with van der Waals surface area (Å²) >= 11 is 0. The van der Waals surface area contributed by atoms with Gasteiger partial charge in [-0.25, -0.2) is 9.48 Å². The molecule has 1 N–H and O–H groups in total. The summed E-state index contributed by atoms with van der Waals surface area (Å²) in [6, 6.07) is 0.529. The lowest BCUT2D eigenvalue weighted by Crippen LogP contribution is -2.31. The van der Waals surface area contributed by atoms with Gasteiger partial charge in [0.25, 0.3) is 5.56 Å². The van der Waals surface area contributed by atoms with Crippen molar-refractivity contribution < 1.29 is 9.90 Å². The third-order valence-corrected chi connectivity index (χ3v) is 2.11. The third-order valence-electron chi connectivity index (χ3n) is 2.11. The predicted molar refractivity (Wildman–Crippen MR) is 54.8 cm³/mol. The molecule has 5 nitrogen and oxygen atoms in total. The lowest BCUT2D eigenvalue weighted by atomic mass is 10.2. The zero-order valence-corrected chi connectivity index (χ0v) is 8.80. The van der Waals surface area contributed by atoms with Gasteiger partial charge in [0.05, 0.1) is 6.20 Å². The molecule has 1 aromatic rings. The molecule has 0 aliphatic carbocycles. The van der Waals surface area contributed by atoms with Crippen molar-refractivity contribution in [3.05, 3.63) is 28.2 Å². The molecule has 0 aliphatic heterocycles. The molecule has 0 aliphatic rings. The van der Waals surface area contributed by atoms with Crippen LogP contribution in [0, 0.1) is 6.92 Å². The molecule has 0 saturated heterocycles. The summed E-state index contributed by atoms with van der Waals surface area (Å²) in [6.45, 7) is 3.61. The topological polar surface area (TPSA) is 72.2 Å². The standard InChI is InChI=1S/C10H14N2O3/c1-3-4-8(10(14)15)12-9(13)5-7(2)6-11-12/h5-6,8H,3-4H2,1-2H3,(H,14,15). The van der Waals surface area contributed by atoms with E-state index in [1.165, 1.54) is 12.3 Å². The maximum absolute atomic E-state index is 11.5. The second-order valence-electron chi connectivity index (χ2n) is 3.46. The summed E-state index contributed by atoms with van der Waals surface area (Å²) in [4.78, 5) is 22.4. The van der Waals surface area contributed by atoms with Gasteiger partial charge < -0.3 is 5.11 Å². The molecule has 0 fully saturated rings. The van der Waals surface area contributed by atoms with Crippen molar-refractivity contribution in [3.63, 3.8) is 0 Å². The smallest absolute Gasteiger partial charge is 0.328 e. The third kappa shape index (κ3) is 2.65. The quantitative estimate of drug-likeness (QED) is 0.804. The summed E-state index contributed by atoms with van der Waals surface area (Å²) in [5, 5.41) is 12.8. The number of aryl methyl sites for hydroxylation is 1. The lowest BCUT2D eigenvalue weighted by molar-refractivity contribution is -0.141. The number of carboxylic acids is 1. The maximum Gasteiger partial charge on any atom is 0.328 e. The maximum atomic E-state index is 11.5. The Morgan fingerprint density at radius 1 is 1.67 bits per heavy atom. The monoisotopic (exact) mass is 210 g/mol. The SMILES string of the molecule is CCCC(C(=O)O)n1ncc(C)cc1=O. The highest BCUT2D eigenvalue weighted by molar-refractivity contribution is 5.71. The van der Waals surface area contributed by atoms with Crippen molar-refractivity contribution in [1.82, 2.24) is 9.78 Å². The summed E-state index contributed by atoms with van der Waals surface area (Å²) in [7, 11) is 0. The van der Waals surface area contributed by atoms with E-state index in [1.807, 2.05) is 6.92 Å². The molecule has 15 heavy (non-hydrogen) atoms. The Labute approximate surface area is 87.4 Å². The molecular weight excluding hydrogens is 196 g/mol. The first kappa shape index (κ1) is 11.4. The van der Waals surface area contributed by atoms with Crippen molar-refractivity contribution in [3.8, 4) is 0 Å². The number of carbonyl (C=O) groups is 1. The fourth-order valence-corrected chi connectivity index (χ4v) is 1.37. The van der Waals surface area contributed by atoms with Crippen LogP contribution in [0.4, 0.5) is 0 Å². The number of carboxylic acid groups (broad SMARTS) is 1. The average molecular weight is 210 g/mol. The van der Waals surface area contributed by atoms with Gasteiger partial charge in [0.2, 0.25) is 0 Å². The van der Waals surface area contributed by atoms with Crippen LogP contribution < -0.4 is 5.56 Å². The largest absolute Gasteiger partial charge is 0.480 e. The average Bonchev–Trinajstić information content (AvgIpc) is 2.15. The minimum absolute atomic E-state index is 0.365. The van der Waals surface area contributed by atoms with Crippen LogP contribution in [-0.2, 0) is 4.79 Å². The molecule has 82 valence electrons. The Balaban J connectivity index is 3.11. The van der Waals surface area contributed by atoms with Crippen LogP contribution in [0.2, 0.25) is 0 Å². The second-order valence-corrected chi connectivity index (χ2v) is 3.46. The van der Waals surface area contributed by atoms with Crippen LogP contribution in [0.15, 0.2) is 17.1 Å². The summed E-state index contributed by atoms with van der Waals surface area (Å²) in [5.74, 6) is -1.02. The fourth-order valence-electron chi connectivity index (χ4n) is 1.37. The van der Waals surface area contributed by atoms with Crippen molar-refractivity contribution in [1.29, 1.82) is 0 Å². The highest BCUT2D eigenvalue weighted by Crippen LogP contribution is 2.10. The van der Waals surface area contributed by atoms with Gasteiger partial charge in [-0.05, 0) is 18.9 Å². The Morgan fingerprint density at radius 2 is 2.33 bits per heavy atom. The van der Waals surface area contributed by atoms with Crippen LogP contribution in [0.1, 0.15) is 31.4 Å². The molecule has 0 spiro atoms. The van der Waals surface area contributed by atoms with Gasteiger partial charge in [-0.1, -0.05) is 13.3 Å². The number of rotatable bonds is 4. The second kappa shape index (κ2) is 4.72. The zero-order chi connectivity index (χ0) is 11.4. The highest BCUT2D eigenvalue weighted by atomic mass is 16.4. The van der Waals surface area contributed by atoms with Crippen LogP contribution in [-0.4, -0.2) is 20.9 Å². The van der Waals surface area contributed by atoms with Gasteiger partial charge in [-0.3, -0.25) is 4.79 Å².